The zero-order chi connectivity index (χ0) is 64.2. The Hall–Kier alpha value is -3.81. The number of aliphatic hydroxyl groups excluding tert-OH is 1. The minimum Gasteiger partial charge on any atom is -0.480 e. The minimum absolute atomic E-state index is 0.0472. The van der Waals surface area contributed by atoms with Crippen molar-refractivity contribution in [3.05, 3.63) is 71.8 Å². The highest BCUT2D eigenvalue weighted by Gasteiger charge is 2.50. The van der Waals surface area contributed by atoms with Crippen molar-refractivity contribution in [2.45, 2.75) is 324 Å². The van der Waals surface area contributed by atoms with Gasteiger partial charge >= 0.3 is 24.1 Å². The predicted molar refractivity (Wildman–Crippen MR) is 348 cm³/mol. The van der Waals surface area contributed by atoms with Crippen molar-refractivity contribution in [2.75, 3.05) is 0 Å². The summed E-state index contributed by atoms with van der Waals surface area (Å²) in [5.74, 6) is -1.02. The Kier molecular flexibility index (Phi) is 35.8. The first kappa shape index (κ1) is 78.2. The fraction of sp³-hybridized carbons (Fsp3) is 0.765. The molecule has 2 aromatic carbocycles. The zero-order valence-electron chi connectivity index (χ0n) is 56.7. The summed E-state index contributed by atoms with van der Waals surface area (Å²) in [6.07, 6.45) is 7.41. The van der Waals surface area contributed by atoms with E-state index in [0.29, 0.717) is 65.0 Å². The summed E-state index contributed by atoms with van der Waals surface area (Å²) in [6.45, 7) is 47.3. The Morgan fingerprint density at radius 1 is 0.488 bits per heavy atom. The van der Waals surface area contributed by atoms with E-state index in [-0.39, 0.29) is 30.8 Å². The van der Waals surface area contributed by atoms with Crippen LogP contribution in [0.25, 0.3) is 0 Å². The van der Waals surface area contributed by atoms with Crippen molar-refractivity contribution in [3.8, 4) is 0 Å². The third-order valence-electron chi connectivity index (χ3n) is 16.5. The van der Waals surface area contributed by atoms with Crippen molar-refractivity contribution in [1.82, 2.24) is 10.6 Å². The predicted octanol–water partition coefficient (Wildman–Crippen LogP) is 17.6. The third-order valence-corrected chi connectivity index (χ3v) is 28.6. The van der Waals surface area contributed by atoms with Gasteiger partial charge in [-0.25, -0.2) is 19.2 Å². The molecular formula is C68H122N2O12Si2. The maximum absolute atomic E-state index is 13.3. The summed E-state index contributed by atoms with van der Waals surface area (Å²) in [4.78, 5) is 49.7. The monoisotopic (exact) mass is 1210 g/mol. The Bertz CT molecular complexity index is 2080. The van der Waals surface area contributed by atoms with Gasteiger partial charge in [-0.05, 0) is 150 Å². The number of aliphatic hydroxyl groups is 1. The number of benzene rings is 2. The molecule has 2 unspecified atom stereocenters. The van der Waals surface area contributed by atoms with Gasteiger partial charge in [-0.15, -0.1) is 0 Å². The summed E-state index contributed by atoms with van der Waals surface area (Å²) in [7, 11) is -4.37. The second-order valence-corrected chi connectivity index (χ2v) is 38.4. The van der Waals surface area contributed by atoms with Crippen molar-refractivity contribution in [2.24, 2.45) is 11.8 Å². The standard InChI is InChI=1S/C41H67NO6Si.C27H55NO6Si/c1-12-21-36(38(33(8)45-28-34-22-15-13-16-23-34)48-49(30(2)3,31(4)5)32(6)7)26-19-20-27-37(42-40(44)47-41(9,10)11)39(43)46-29-35-24-17-14-18-25-35;1-12-15-22(24(21(8)29)34-35(18(2)3,19(4)5)20(6)7)16-13-14-17-23(25(30)31)28-26(32)33-27(9,10)11/h13-18,22-25,30-33,36-38H,12,19-21,26-29H2,1-11H3,(H,42,44);18-24,29H,12-17H2,1-11H3,(H,28,32)(H,30,31)/t33-,36-,37?,38-;21-,22-,23?,24-/m00/s1. The van der Waals surface area contributed by atoms with Gasteiger partial charge in [0.15, 0.2) is 0 Å². The van der Waals surface area contributed by atoms with Crippen molar-refractivity contribution in [1.29, 1.82) is 0 Å². The molecule has 0 radical (unpaired) electrons. The van der Waals surface area contributed by atoms with Crippen LogP contribution in [-0.4, -0.2) is 98.7 Å². The van der Waals surface area contributed by atoms with E-state index in [2.05, 4.69) is 127 Å². The number of carbonyl (C=O) groups is 4. The van der Waals surface area contributed by atoms with Crippen LogP contribution in [0.2, 0.25) is 33.2 Å². The number of rotatable bonds is 37. The molecule has 2 rings (SSSR count). The number of carboxylic acid groups (broad SMARTS) is 1. The number of esters is 1. The quantitative estimate of drug-likeness (QED) is 0.0217. The van der Waals surface area contributed by atoms with Crippen molar-refractivity contribution < 1.29 is 57.2 Å². The van der Waals surface area contributed by atoms with Crippen LogP contribution >= 0.6 is 0 Å². The van der Waals surface area contributed by atoms with Gasteiger partial charge in [-0.2, -0.15) is 0 Å². The first-order valence-corrected chi connectivity index (χ1v) is 36.5. The average molecular weight is 1220 g/mol. The van der Waals surface area contributed by atoms with Crippen LogP contribution in [0, 0.1) is 11.8 Å². The van der Waals surface area contributed by atoms with E-state index in [4.69, 9.17) is 27.8 Å². The van der Waals surface area contributed by atoms with Crippen LogP contribution in [0.3, 0.4) is 0 Å². The average Bonchev–Trinajstić information content (AvgIpc) is 3.05. The topological polar surface area (TPSA) is 188 Å². The molecule has 0 aliphatic rings. The first-order chi connectivity index (χ1) is 39.1. The zero-order valence-corrected chi connectivity index (χ0v) is 58.7. The minimum atomic E-state index is -2.21. The summed E-state index contributed by atoms with van der Waals surface area (Å²) in [5.41, 5.74) is 3.36. The number of hydrogen-bond acceptors (Lipinski definition) is 11. The van der Waals surface area contributed by atoms with E-state index in [9.17, 15) is 29.4 Å². The number of nitrogens with one attached hydrogen (secondary N) is 2. The number of unbranched alkanes of at least 4 members (excludes halogenated alkanes) is 2. The van der Waals surface area contributed by atoms with Gasteiger partial charge < -0.3 is 48.6 Å². The van der Waals surface area contributed by atoms with Crippen LogP contribution < -0.4 is 10.6 Å². The van der Waals surface area contributed by atoms with Gasteiger partial charge in [-0.1, -0.05) is 196 Å². The van der Waals surface area contributed by atoms with E-state index >= 15 is 0 Å². The molecule has 16 heteroatoms. The van der Waals surface area contributed by atoms with Gasteiger partial charge in [0, 0.05) is 0 Å². The molecule has 2 aromatic rings. The van der Waals surface area contributed by atoms with Crippen LogP contribution in [0.5, 0.6) is 0 Å². The second-order valence-electron chi connectivity index (χ2n) is 27.5. The molecule has 0 aromatic heterocycles. The molecule has 8 atom stereocenters. The molecule has 4 N–H and O–H groups in total. The molecular weight excluding hydrogens is 1090 g/mol. The van der Waals surface area contributed by atoms with Crippen LogP contribution in [0.1, 0.15) is 240 Å². The summed E-state index contributed by atoms with van der Waals surface area (Å²) >= 11 is 0. The second kappa shape index (κ2) is 38.5. The number of hydrogen-bond donors (Lipinski definition) is 4. The third kappa shape index (κ3) is 27.5. The van der Waals surface area contributed by atoms with E-state index in [0.717, 1.165) is 68.9 Å². The number of ether oxygens (including phenoxy) is 4. The maximum Gasteiger partial charge on any atom is 0.408 e. The number of carbonyl (C=O) groups excluding carboxylic acids is 3. The lowest BCUT2D eigenvalue weighted by atomic mass is 9.88. The molecule has 484 valence electrons. The van der Waals surface area contributed by atoms with Gasteiger partial charge in [0.25, 0.3) is 0 Å². The molecule has 84 heavy (non-hydrogen) atoms. The molecule has 0 spiro atoms. The summed E-state index contributed by atoms with van der Waals surface area (Å²) in [6, 6.07) is 18.1. The fourth-order valence-electron chi connectivity index (χ4n) is 12.8. The highest BCUT2D eigenvalue weighted by Crippen LogP contribution is 2.46. The number of amides is 2. The number of carboxylic acids is 1. The Morgan fingerprint density at radius 2 is 0.833 bits per heavy atom. The van der Waals surface area contributed by atoms with Gasteiger partial charge in [0.1, 0.15) is 29.9 Å². The molecule has 0 heterocycles. The number of alkyl carbamates (subject to hydrolysis) is 2. The molecule has 0 aliphatic carbocycles. The smallest absolute Gasteiger partial charge is 0.408 e. The maximum atomic E-state index is 13.3. The SMILES string of the molecule is CCC[C@@H](CCCCC(NC(=O)OC(C)(C)C)C(=O)O)[C@@H](O[Si](C(C)C)(C(C)C)C(C)C)[C@H](C)O.CCC[C@@H](CCCCC(NC(=O)OC(C)(C)C)C(=O)OCc1ccccc1)[C@@H](O[Si](C(C)C)(C(C)C)C(C)C)[C@H](C)OCc1ccccc1. The van der Waals surface area contributed by atoms with E-state index in [1.54, 1.807) is 20.8 Å². The summed E-state index contributed by atoms with van der Waals surface area (Å²) in [5, 5.41) is 25.6. The molecule has 2 amide bonds. The molecule has 0 bridgehead atoms. The van der Waals surface area contributed by atoms with Crippen molar-refractivity contribution in [3.63, 3.8) is 0 Å². The molecule has 0 aliphatic heterocycles. The van der Waals surface area contributed by atoms with E-state index < -0.39 is 70.1 Å². The normalized spacial score (nSPS) is 15.4. The molecule has 0 fully saturated rings. The van der Waals surface area contributed by atoms with Crippen molar-refractivity contribution >= 4 is 40.8 Å². The van der Waals surface area contributed by atoms with E-state index in [1.165, 1.54) is 0 Å². The lowest BCUT2D eigenvalue weighted by Crippen LogP contribution is -2.54. The highest BCUT2D eigenvalue weighted by atomic mass is 28.4. The first-order valence-electron chi connectivity index (χ1n) is 32.2. The largest absolute Gasteiger partial charge is 0.480 e. The van der Waals surface area contributed by atoms with Gasteiger partial charge in [0.2, 0.25) is 16.6 Å². The highest BCUT2D eigenvalue weighted by molar-refractivity contribution is 6.78. The molecule has 0 saturated carbocycles. The Morgan fingerprint density at radius 3 is 1.19 bits per heavy atom. The lowest BCUT2D eigenvalue weighted by molar-refractivity contribution is -0.147. The summed E-state index contributed by atoms with van der Waals surface area (Å²) < 4.78 is 37.5. The van der Waals surface area contributed by atoms with Crippen LogP contribution in [-0.2, 0) is 50.6 Å². The van der Waals surface area contributed by atoms with Crippen LogP contribution in [0.4, 0.5) is 9.59 Å². The van der Waals surface area contributed by atoms with Gasteiger partial charge in [-0.3, -0.25) is 0 Å². The van der Waals surface area contributed by atoms with Crippen LogP contribution in [0.15, 0.2) is 60.7 Å². The molecule has 0 saturated heterocycles. The van der Waals surface area contributed by atoms with Gasteiger partial charge in [0.05, 0.1) is 31.0 Å². The number of aliphatic carboxylic acids is 1. The Labute approximate surface area is 513 Å². The Balaban J connectivity index is 0.000000891. The molecule has 14 nitrogen and oxygen atoms in total. The lowest BCUT2D eigenvalue weighted by Gasteiger charge is -2.47. The van der Waals surface area contributed by atoms with E-state index in [1.807, 2.05) is 76.2 Å². The fourth-order valence-corrected chi connectivity index (χ4v) is 24.1.